The molecule has 1 aromatic carbocycles. The van der Waals surface area contributed by atoms with Crippen molar-refractivity contribution in [3.8, 4) is 6.07 Å². The van der Waals surface area contributed by atoms with Crippen molar-refractivity contribution < 1.29 is 22.8 Å². The molecule has 0 saturated heterocycles. The normalized spacial score (nSPS) is 18.0. The van der Waals surface area contributed by atoms with E-state index in [9.17, 15) is 22.8 Å². The maximum atomic E-state index is 13.2. The molecule has 32 heavy (non-hydrogen) atoms. The van der Waals surface area contributed by atoms with Gasteiger partial charge in [-0.15, -0.1) is 0 Å². The Bertz CT molecular complexity index is 1220. The van der Waals surface area contributed by atoms with Crippen LogP contribution >= 0.6 is 0 Å². The zero-order valence-corrected chi connectivity index (χ0v) is 16.7. The predicted octanol–water partition coefficient (Wildman–Crippen LogP) is 4.35. The van der Waals surface area contributed by atoms with Gasteiger partial charge in [0.05, 0.1) is 35.0 Å². The first-order valence-electron chi connectivity index (χ1n) is 9.65. The number of aromatic nitrogens is 3. The fourth-order valence-electron chi connectivity index (χ4n) is 3.72. The van der Waals surface area contributed by atoms with Crippen LogP contribution < -0.4 is 5.32 Å². The van der Waals surface area contributed by atoms with Crippen LogP contribution in [0.25, 0.3) is 0 Å². The average molecular weight is 439 g/mol. The molecule has 0 saturated carbocycles. The summed E-state index contributed by atoms with van der Waals surface area (Å²) in [7, 11) is 0. The molecule has 10 heteroatoms. The zero-order chi connectivity index (χ0) is 23.0. The van der Waals surface area contributed by atoms with Gasteiger partial charge in [-0.05, 0) is 43.2 Å². The minimum atomic E-state index is -4.46. The number of carbonyl (C=O) groups excluding carboxylic acids is 2. The molecule has 3 aromatic rings. The van der Waals surface area contributed by atoms with E-state index in [-0.39, 0.29) is 28.9 Å². The first kappa shape index (κ1) is 21.2. The fourth-order valence-corrected chi connectivity index (χ4v) is 3.72. The Labute approximate surface area is 180 Å². The number of fused-ring (bicyclic) bond motifs is 1. The second-order valence-electron chi connectivity index (χ2n) is 7.47. The van der Waals surface area contributed by atoms with Crippen LogP contribution in [0.2, 0.25) is 0 Å². The summed E-state index contributed by atoms with van der Waals surface area (Å²) in [5.41, 5.74) is 0.400. The van der Waals surface area contributed by atoms with E-state index < -0.39 is 23.6 Å². The Morgan fingerprint density at radius 2 is 1.91 bits per heavy atom. The van der Waals surface area contributed by atoms with Gasteiger partial charge in [0.1, 0.15) is 17.5 Å². The van der Waals surface area contributed by atoms with Crippen molar-refractivity contribution in [3.63, 3.8) is 0 Å². The molecule has 1 aliphatic heterocycles. The van der Waals surface area contributed by atoms with Crippen LogP contribution in [0, 0.1) is 11.3 Å². The summed E-state index contributed by atoms with van der Waals surface area (Å²) in [6.45, 7) is 1.84. The lowest BCUT2D eigenvalue weighted by Crippen LogP contribution is -2.29. The molecule has 162 valence electrons. The molecular weight excluding hydrogens is 423 g/mol. The SMILES string of the molecule is C[C@H]1CC(c2ccc(C(F)(F)F)cc2)C(=O)c2c(NC(=O)c3ccc(C#N)cn3)cnn21. The summed E-state index contributed by atoms with van der Waals surface area (Å²) >= 11 is 0. The van der Waals surface area contributed by atoms with Crippen LogP contribution in [-0.2, 0) is 6.18 Å². The number of Topliss-reactive ketones (excluding diaryl/α,β-unsaturated/α-hetero) is 1. The Hall–Kier alpha value is -4.00. The van der Waals surface area contributed by atoms with E-state index in [0.29, 0.717) is 17.5 Å². The molecule has 3 heterocycles. The average Bonchev–Trinajstić information content (AvgIpc) is 3.20. The van der Waals surface area contributed by atoms with Gasteiger partial charge in [-0.1, -0.05) is 12.1 Å². The van der Waals surface area contributed by atoms with E-state index in [4.69, 9.17) is 5.26 Å². The maximum absolute atomic E-state index is 13.2. The van der Waals surface area contributed by atoms with Gasteiger partial charge in [0.25, 0.3) is 5.91 Å². The second kappa shape index (κ2) is 7.92. The Morgan fingerprint density at radius 3 is 2.50 bits per heavy atom. The van der Waals surface area contributed by atoms with Gasteiger partial charge in [0.2, 0.25) is 0 Å². The van der Waals surface area contributed by atoms with Gasteiger partial charge >= 0.3 is 6.18 Å². The quantitative estimate of drug-likeness (QED) is 0.654. The lowest BCUT2D eigenvalue weighted by molar-refractivity contribution is -0.137. The summed E-state index contributed by atoms with van der Waals surface area (Å²) in [4.78, 5) is 29.7. The first-order valence-corrected chi connectivity index (χ1v) is 9.65. The molecule has 0 fully saturated rings. The summed E-state index contributed by atoms with van der Waals surface area (Å²) < 4.78 is 40.1. The predicted molar refractivity (Wildman–Crippen MR) is 107 cm³/mol. The van der Waals surface area contributed by atoms with Crippen molar-refractivity contribution in [2.45, 2.75) is 31.5 Å². The second-order valence-corrected chi connectivity index (χ2v) is 7.47. The van der Waals surface area contributed by atoms with Gasteiger partial charge in [-0.2, -0.15) is 23.5 Å². The van der Waals surface area contributed by atoms with E-state index in [1.165, 1.54) is 41.3 Å². The van der Waals surface area contributed by atoms with Crippen LogP contribution in [-0.4, -0.2) is 26.5 Å². The number of nitriles is 1. The number of anilines is 1. The van der Waals surface area contributed by atoms with E-state index in [1.807, 2.05) is 13.0 Å². The summed E-state index contributed by atoms with van der Waals surface area (Å²) in [5, 5.41) is 15.7. The Kier molecular flexibility index (Phi) is 5.26. The topological polar surface area (TPSA) is 101 Å². The highest BCUT2D eigenvalue weighted by atomic mass is 19.4. The summed E-state index contributed by atoms with van der Waals surface area (Å²) in [6, 6.07) is 9.06. The number of hydrogen-bond acceptors (Lipinski definition) is 5. The molecule has 2 atom stereocenters. The molecule has 1 unspecified atom stereocenters. The van der Waals surface area contributed by atoms with Crippen LogP contribution in [0.4, 0.5) is 18.9 Å². The van der Waals surface area contributed by atoms with Crippen molar-refractivity contribution in [1.29, 1.82) is 5.26 Å². The molecule has 0 spiro atoms. The van der Waals surface area contributed by atoms with Gasteiger partial charge in [-0.3, -0.25) is 14.3 Å². The third kappa shape index (κ3) is 3.85. The number of amides is 1. The van der Waals surface area contributed by atoms with E-state index in [1.54, 1.807) is 0 Å². The highest BCUT2D eigenvalue weighted by Gasteiger charge is 2.37. The van der Waals surface area contributed by atoms with Crippen molar-refractivity contribution in [2.24, 2.45) is 0 Å². The van der Waals surface area contributed by atoms with Gasteiger partial charge in [-0.25, -0.2) is 4.98 Å². The van der Waals surface area contributed by atoms with Gasteiger partial charge in [0, 0.05) is 6.20 Å². The molecule has 0 bridgehead atoms. The number of benzene rings is 1. The summed E-state index contributed by atoms with van der Waals surface area (Å²) in [6.07, 6.45) is -1.47. The van der Waals surface area contributed by atoms with Crippen molar-refractivity contribution in [1.82, 2.24) is 14.8 Å². The number of rotatable bonds is 3. The molecule has 4 rings (SSSR count). The number of alkyl halides is 3. The van der Waals surface area contributed by atoms with E-state index >= 15 is 0 Å². The van der Waals surface area contributed by atoms with E-state index in [2.05, 4.69) is 15.4 Å². The van der Waals surface area contributed by atoms with Crippen molar-refractivity contribution >= 4 is 17.4 Å². The van der Waals surface area contributed by atoms with Crippen LogP contribution in [0.3, 0.4) is 0 Å². The van der Waals surface area contributed by atoms with E-state index in [0.717, 1.165) is 12.1 Å². The minimum Gasteiger partial charge on any atom is -0.317 e. The van der Waals surface area contributed by atoms with Crippen LogP contribution in [0.1, 0.15) is 63.0 Å². The highest BCUT2D eigenvalue weighted by Crippen LogP contribution is 2.39. The highest BCUT2D eigenvalue weighted by molar-refractivity contribution is 6.10. The smallest absolute Gasteiger partial charge is 0.317 e. The van der Waals surface area contributed by atoms with Crippen molar-refractivity contribution in [3.05, 3.63) is 76.9 Å². The first-order chi connectivity index (χ1) is 15.2. The molecule has 2 aromatic heterocycles. The minimum absolute atomic E-state index is 0.0551. The standard InChI is InChI=1S/C22H16F3N5O2/c1-12-8-16(14-3-5-15(6-4-14)22(23,24)25)20(31)19-18(11-28-30(12)19)29-21(32)17-7-2-13(9-26)10-27-17/h2-7,10-12,16H,8H2,1H3,(H,29,32)/t12-,16?/m0/s1. The lowest BCUT2D eigenvalue weighted by atomic mass is 9.84. The maximum Gasteiger partial charge on any atom is 0.416 e. The molecular formula is C22H16F3N5O2. The zero-order valence-electron chi connectivity index (χ0n) is 16.7. The molecule has 0 aliphatic carbocycles. The number of halogens is 3. The largest absolute Gasteiger partial charge is 0.416 e. The van der Waals surface area contributed by atoms with Crippen molar-refractivity contribution in [2.75, 3.05) is 5.32 Å². The van der Waals surface area contributed by atoms with Crippen LogP contribution in [0.5, 0.6) is 0 Å². The lowest BCUT2D eigenvalue weighted by Gasteiger charge is -2.28. The van der Waals surface area contributed by atoms with Gasteiger partial charge < -0.3 is 5.32 Å². The van der Waals surface area contributed by atoms with Crippen LogP contribution in [0.15, 0.2) is 48.8 Å². The number of nitrogens with zero attached hydrogens (tertiary/aromatic N) is 4. The van der Waals surface area contributed by atoms with Gasteiger partial charge in [0.15, 0.2) is 5.78 Å². The number of carbonyl (C=O) groups is 2. The monoisotopic (exact) mass is 439 g/mol. The number of nitrogens with one attached hydrogen (secondary N) is 1. The number of ketones is 1. The molecule has 1 N–H and O–H groups in total. The molecule has 7 nitrogen and oxygen atoms in total. The Balaban J connectivity index is 1.61. The fraction of sp³-hybridized carbons (Fsp3) is 0.227. The third-order valence-electron chi connectivity index (χ3n) is 5.35. The molecule has 1 aliphatic rings. The third-order valence-corrected chi connectivity index (χ3v) is 5.35. The Morgan fingerprint density at radius 1 is 1.19 bits per heavy atom. The number of hydrogen-bond donors (Lipinski definition) is 1. The number of pyridine rings is 1. The molecule has 0 radical (unpaired) electrons. The summed E-state index contributed by atoms with van der Waals surface area (Å²) in [5.74, 6) is -1.59. The molecule has 1 amide bonds.